The molecule has 130 valence electrons. The maximum Gasteiger partial charge on any atom is 0.229 e. The second kappa shape index (κ2) is 6.95. The van der Waals surface area contributed by atoms with Crippen molar-refractivity contribution in [3.05, 3.63) is 47.1 Å². The van der Waals surface area contributed by atoms with Gasteiger partial charge in [0.2, 0.25) is 5.89 Å². The molecule has 2 aliphatic rings. The maximum atomic E-state index is 9.24. The van der Waals surface area contributed by atoms with Gasteiger partial charge in [0.1, 0.15) is 0 Å². The summed E-state index contributed by atoms with van der Waals surface area (Å²) in [5.41, 5.74) is 1.89. The van der Waals surface area contributed by atoms with Gasteiger partial charge in [-0.1, -0.05) is 23.4 Å². The van der Waals surface area contributed by atoms with Crippen LogP contribution in [0.3, 0.4) is 0 Å². The lowest BCUT2D eigenvalue weighted by Crippen LogP contribution is -2.34. The molecular weight excluding hydrogens is 314 g/mol. The molecule has 0 N–H and O–H groups in total. The number of hydrogen-bond acceptors (Lipinski definition) is 6. The molecular formula is C19H23N5O. The van der Waals surface area contributed by atoms with Gasteiger partial charge >= 0.3 is 0 Å². The molecule has 1 aromatic carbocycles. The highest BCUT2D eigenvalue weighted by Crippen LogP contribution is 2.38. The number of benzene rings is 1. The lowest BCUT2D eigenvalue weighted by Gasteiger charge is -2.23. The van der Waals surface area contributed by atoms with E-state index < -0.39 is 0 Å². The van der Waals surface area contributed by atoms with Crippen molar-refractivity contribution in [3.8, 4) is 6.07 Å². The lowest BCUT2D eigenvalue weighted by molar-refractivity contribution is 0.216. The summed E-state index contributed by atoms with van der Waals surface area (Å²) in [6.45, 7) is 3.61. The number of nitriles is 1. The summed E-state index contributed by atoms with van der Waals surface area (Å²) in [6.07, 6.45) is 3.48. The fourth-order valence-corrected chi connectivity index (χ4v) is 3.50. The van der Waals surface area contributed by atoms with Crippen molar-refractivity contribution in [2.24, 2.45) is 0 Å². The Labute approximate surface area is 148 Å². The Morgan fingerprint density at radius 3 is 2.96 bits per heavy atom. The van der Waals surface area contributed by atoms with Gasteiger partial charge in [-0.15, -0.1) is 0 Å². The quantitative estimate of drug-likeness (QED) is 0.807. The number of nitrogens with zero attached hydrogens (tertiary/aromatic N) is 5. The van der Waals surface area contributed by atoms with Crippen LogP contribution in [-0.4, -0.2) is 46.1 Å². The van der Waals surface area contributed by atoms with Crippen molar-refractivity contribution in [1.29, 1.82) is 5.26 Å². The molecule has 4 rings (SSSR count). The van der Waals surface area contributed by atoms with E-state index in [4.69, 9.17) is 4.52 Å². The molecule has 25 heavy (non-hydrogen) atoms. The molecule has 1 saturated carbocycles. The summed E-state index contributed by atoms with van der Waals surface area (Å²) in [4.78, 5) is 9.26. The molecule has 6 nitrogen and oxygen atoms in total. The lowest BCUT2D eigenvalue weighted by atomic mass is 10.1. The summed E-state index contributed by atoms with van der Waals surface area (Å²) < 4.78 is 5.35. The first kappa shape index (κ1) is 16.2. The molecule has 0 bridgehead atoms. The van der Waals surface area contributed by atoms with Crippen LogP contribution in [0.1, 0.15) is 48.0 Å². The largest absolute Gasteiger partial charge is 0.339 e. The number of hydrogen-bond donors (Lipinski definition) is 0. The summed E-state index contributed by atoms with van der Waals surface area (Å²) in [5, 5.41) is 13.4. The molecule has 2 fully saturated rings. The van der Waals surface area contributed by atoms with Crippen LogP contribution in [0.25, 0.3) is 0 Å². The molecule has 1 atom stereocenters. The summed E-state index contributed by atoms with van der Waals surface area (Å²) in [5.74, 6) is 2.11. The zero-order chi connectivity index (χ0) is 17.2. The molecule has 1 saturated heterocycles. The number of rotatable bonds is 6. The first-order valence-electron chi connectivity index (χ1n) is 8.96. The van der Waals surface area contributed by atoms with Crippen LogP contribution in [0.2, 0.25) is 0 Å². The Balaban J connectivity index is 1.32. The average Bonchev–Trinajstić information content (AvgIpc) is 3.19. The molecule has 2 aromatic rings. The van der Waals surface area contributed by atoms with Crippen molar-refractivity contribution in [2.45, 2.75) is 44.3 Å². The molecule has 0 amide bonds. The molecule has 2 heterocycles. The number of aromatic nitrogens is 2. The van der Waals surface area contributed by atoms with E-state index in [9.17, 15) is 5.26 Å². The number of likely N-dealkylation sites (tertiary alicyclic amines) is 1. The minimum atomic E-state index is 0.483. The molecule has 1 aromatic heterocycles. The zero-order valence-corrected chi connectivity index (χ0v) is 14.6. The van der Waals surface area contributed by atoms with Crippen molar-refractivity contribution in [3.63, 3.8) is 0 Å². The van der Waals surface area contributed by atoms with Crippen molar-refractivity contribution in [2.75, 3.05) is 20.1 Å². The van der Waals surface area contributed by atoms with Gasteiger partial charge in [0.05, 0.1) is 18.2 Å². The van der Waals surface area contributed by atoms with Crippen LogP contribution in [0.5, 0.6) is 0 Å². The van der Waals surface area contributed by atoms with E-state index in [-0.39, 0.29) is 0 Å². The van der Waals surface area contributed by atoms with Crippen molar-refractivity contribution in [1.82, 2.24) is 19.9 Å². The van der Waals surface area contributed by atoms with Gasteiger partial charge in [-0.2, -0.15) is 10.2 Å². The van der Waals surface area contributed by atoms with Crippen LogP contribution in [0.15, 0.2) is 28.8 Å². The molecule has 0 spiro atoms. The second-order valence-electron chi connectivity index (χ2n) is 7.18. The molecule has 6 heteroatoms. The van der Waals surface area contributed by atoms with Gasteiger partial charge in [-0.25, -0.2) is 0 Å². The fourth-order valence-electron chi connectivity index (χ4n) is 3.50. The van der Waals surface area contributed by atoms with Gasteiger partial charge in [0.15, 0.2) is 5.82 Å². The average molecular weight is 337 g/mol. The third-order valence-corrected chi connectivity index (χ3v) is 5.20. The third kappa shape index (κ3) is 3.73. The van der Waals surface area contributed by atoms with E-state index in [1.807, 2.05) is 24.3 Å². The Morgan fingerprint density at radius 1 is 1.32 bits per heavy atom. The maximum absolute atomic E-state index is 9.24. The van der Waals surface area contributed by atoms with Crippen molar-refractivity contribution >= 4 is 0 Å². The highest BCUT2D eigenvalue weighted by Gasteiger charge is 2.31. The fraction of sp³-hybridized carbons (Fsp3) is 0.526. The predicted octanol–water partition coefficient (Wildman–Crippen LogP) is 2.52. The topological polar surface area (TPSA) is 69.2 Å². The number of likely N-dealkylation sites (N-methyl/N-ethyl adjacent to an activating group) is 1. The molecule has 0 radical (unpaired) electrons. The van der Waals surface area contributed by atoms with E-state index in [0.29, 0.717) is 12.0 Å². The van der Waals surface area contributed by atoms with Crippen LogP contribution in [0, 0.1) is 11.3 Å². The monoisotopic (exact) mass is 337 g/mol. The first-order valence-corrected chi connectivity index (χ1v) is 8.96. The van der Waals surface area contributed by atoms with Gasteiger partial charge in [-0.3, -0.25) is 9.80 Å². The summed E-state index contributed by atoms with van der Waals surface area (Å²) >= 11 is 0. The highest BCUT2D eigenvalue weighted by atomic mass is 16.5. The predicted molar refractivity (Wildman–Crippen MR) is 92.6 cm³/mol. The Bertz CT molecular complexity index is 776. The van der Waals surface area contributed by atoms with Gasteiger partial charge in [0, 0.05) is 31.6 Å². The van der Waals surface area contributed by atoms with Crippen LogP contribution in [0.4, 0.5) is 0 Å². The van der Waals surface area contributed by atoms with Gasteiger partial charge in [0.25, 0.3) is 0 Å². The van der Waals surface area contributed by atoms with E-state index >= 15 is 0 Å². The highest BCUT2D eigenvalue weighted by molar-refractivity contribution is 5.37. The Hall–Kier alpha value is -2.23. The standard InChI is InChI=1S/C19H23N5O/c1-23(13-18-21-19(25-22-18)14-6-7-14)17-8-9-24(12-17)11-16-5-3-2-4-15(16)10-20/h2-5,14,17H,6-9,11-13H2,1H3/t17-/m0/s1. The van der Waals surface area contributed by atoms with Gasteiger partial charge in [-0.05, 0) is 37.9 Å². The first-order chi connectivity index (χ1) is 12.2. The molecule has 1 aliphatic heterocycles. The molecule has 1 aliphatic carbocycles. The normalized spacial score (nSPS) is 20.9. The van der Waals surface area contributed by atoms with Crippen LogP contribution >= 0.6 is 0 Å². The smallest absolute Gasteiger partial charge is 0.229 e. The summed E-state index contributed by atoms with van der Waals surface area (Å²) in [6, 6.07) is 10.6. The van der Waals surface area contributed by atoms with Crippen LogP contribution in [-0.2, 0) is 13.1 Å². The van der Waals surface area contributed by atoms with Gasteiger partial charge < -0.3 is 4.52 Å². The molecule has 0 unspecified atom stereocenters. The van der Waals surface area contributed by atoms with E-state index in [0.717, 1.165) is 55.4 Å². The Kier molecular flexibility index (Phi) is 4.51. The minimum absolute atomic E-state index is 0.483. The zero-order valence-electron chi connectivity index (χ0n) is 14.6. The van der Waals surface area contributed by atoms with Crippen molar-refractivity contribution < 1.29 is 4.52 Å². The third-order valence-electron chi connectivity index (χ3n) is 5.20. The van der Waals surface area contributed by atoms with E-state index in [1.54, 1.807) is 0 Å². The van der Waals surface area contributed by atoms with E-state index in [1.165, 1.54) is 12.8 Å². The van der Waals surface area contributed by atoms with E-state index in [2.05, 4.69) is 33.1 Å². The minimum Gasteiger partial charge on any atom is -0.339 e. The Morgan fingerprint density at radius 2 is 2.16 bits per heavy atom. The van der Waals surface area contributed by atoms with Crippen LogP contribution < -0.4 is 0 Å². The SMILES string of the molecule is CN(Cc1noc(C2CC2)n1)[C@H]1CCN(Cc2ccccc2C#N)C1. The summed E-state index contributed by atoms with van der Waals surface area (Å²) in [7, 11) is 2.13. The second-order valence-corrected chi connectivity index (χ2v) is 7.18.